The molecule has 0 spiro atoms. The minimum absolute atomic E-state index is 0.0381. The number of thiophene rings is 1. The van der Waals surface area contributed by atoms with Gasteiger partial charge in [-0.15, -0.1) is 11.3 Å². The molecule has 62 valence electrons. The van der Waals surface area contributed by atoms with Crippen LogP contribution >= 0.6 is 11.3 Å². The van der Waals surface area contributed by atoms with Crippen LogP contribution in [-0.4, -0.2) is 5.11 Å². The van der Waals surface area contributed by atoms with Gasteiger partial charge in [0.1, 0.15) is 11.6 Å². The second-order valence-corrected chi connectivity index (χ2v) is 3.60. The van der Waals surface area contributed by atoms with E-state index >= 15 is 0 Å². The lowest BCUT2D eigenvalue weighted by Crippen LogP contribution is -1.80. The summed E-state index contributed by atoms with van der Waals surface area (Å²) < 4.78 is 14.1. The van der Waals surface area contributed by atoms with Crippen LogP contribution in [0.1, 0.15) is 5.56 Å². The standard InChI is InChI=1S/C9H7FOS/c1-5-2-3-7-8(9(5)10)6(11)4-12-7/h2-4,11H,1H3. The van der Waals surface area contributed by atoms with Gasteiger partial charge in [0.05, 0.1) is 5.39 Å². The first-order valence-corrected chi connectivity index (χ1v) is 4.43. The number of rotatable bonds is 0. The summed E-state index contributed by atoms with van der Waals surface area (Å²) >= 11 is 1.35. The van der Waals surface area contributed by atoms with Crippen LogP contribution in [0.4, 0.5) is 4.39 Å². The molecule has 0 radical (unpaired) electrons. The molecule has 0 fully saturated rings. The molecule has 0 unspecified atom stereocenters. The van der Waals surface area contributed by atoms with Gasteiger partial charge in [0.15, 0.2) is 0 Å². The summed E-state index contributed by atoms with van der Waals surface area (Å²) in [5.41, 5.74) is 0.566. The molecule has 1 aromatic carbocycles. The molecule has 0 aliphatic rings. The van der Waals surface area contributed by atoms with E-state index in [0.29, 0.717) is 10.9 Å². The normalized spacial score (nSPS) is 10.8. The van der Waals surface area contributed by atoms with Crippen LogP contribution < -0.4 is 0 Å². The van der Waals surface area contributed by atoms with Crippen molar-refractivity contribution in [2.24, 2.45) is 0 Å². The zero-order chi connectivity index (χ0) is 8.72. The van der Waals surface area contributed by atoms with Crippen LogP contribution in [0.15, 0.2) is 17.5 Å². The van der Waals surface area contributed by atoms with Crippen LogP contribution in [0.25, 0.3) is 10.1 Å². The summed E-state index contributed by atoms with van der Waals surface area (Å²) in [4.78, 5) is 0. The van der Waals surface area contributed by atoms with Crippen LogP contribution in [0, 0.1) is 12.7 Å². The Morgan fingerprint density at radius 1 is 1.42 bits per heavy atom. The molecule has 1 aromatic heterocycles. The van der Waals surface area contributed by atoms with E-state index in [1.807, 2.05) is 6.07 Å². The predicted molar refractivity (Wildman–Crippen MR) is 48.2 cm³/mol. The summed E-state index contributed by atoms with van der Waals surface area (Å²) in [5, 5.41) is 11.2. The Morgan fingerprint density at radius 2 is 2.17 bits per heavy atom. The van der Waals surface area contributed by atoms with Crippen LogP contribution in [0.2, 0.25) is 0 Å². The van der Waals surface area contributed by atoms with Crippen molar-refractivity contribution < 1.29 is 9.50 Å². The Labute approximate surface area is 73.1 Å². The van der Waals surface area contributed by atoms with Gasteiger partial charge >= 0.3 is 0 Å². The molecule has 3 heteroatoms. The van der Waals surface area contributed by atoms with Gasteiger partial charge in [0.25, 0.3) is 0 Å². The number of hydrogen-bond donors (Lipinski definition) is 1. The van der Waals surface area contributed by atoms with E-state index in [4.69, 9.17) is 0 Å². The highest BCUT2D eigenvalue weighted by Crippen LogP contribution is 2.34. The SMILES string of the molecule is Cc1ccc2scc(O)c2c1F. The Bertz CT molecular complexity index is 433. The van der Waals surface area contributed by atoms with E-state index in [-0.39, 0.29) is 11.6 Å². The smallest absolute Gasteiger partial charge is 0.138 e. The van der Waals surface area contributed by atoms with Crippen molar-refractivity contribution in [1.29, 1.82) is 0 Å². The summed E-state index contributed by atoms with van der Waals surface area (Å²) in [7, 11) is 0. The molecule has 1 heterocycles. The van der Waals surface area contributed by atoms with Crippen molar-refractivity contribution in [3.05, 3.63) is 28.9 Å². The van der Waals surface area contributed by atoms with Crippen molar-refractivity contribution >= 4 is 21.4 Å². The predicted octanol–water partition coefficient (Wildman–Crippen LogP) is 3.05. The Kier molecular flexibility index (Phi) is 1.54. The van der Waals surface area contributed by atoms with Gasteiger partial charge in [0.2, 0.25) is 0 Å². The number of halogens is 1. The van der Waals surface area contributed by atoms with Crippen LogP contribution in [-0.2, 0) is 0 Å². The minimum atomic E-state index is -0.314. The number of benzene rings is 1. The quantitative estimate of drug-likeness (QED) is 0.663. The number of aromatic hydroxyl groups is 1. The summed E-state index contributed by atoms with van der Waals surface area (Å²) in [6.45, 7) is 1.69. The van der Waals surface area contributed by atoms with Gasteiger partial charge in [-0.1, -0.05) is 6.07 Å². The maximum absolute atomic E-state index is 13.3. The molecule has 0 amide bonds. The molecule has 0 saturated carbocycles. The topological polar surface area (TPSA) is 20.2 Å². The van der Waals surface area contributed by atoms with E-state index in [2.05, 4.69) is 0 Å². The van der Waals surface area contributed by atoms with Crippen LogP contribution in [0.3, 0.4) is 0 Å². The monoisotopic (exact) mass is 182 g/mol. The van der Waals surface area contributed by atoms with Gasteiger partial charge in [-0.05, 0) is 18.6 Å². The lowest BCUT2D eigenvalue weighted by atomic mass is 10.1. The first-order chi connectivity index (χ1) is 5.70. The molecule has 2 aromatic rings. The van der Waals surface area contributed by atoms with Crippen molar-refractivity contribution in [3.8, 4) is 5.75 Å². The van der Waals surface area contributed by atoms with E-state index in [1.165, 1.54) is 11.3 Å². The average Bonchev–Trinajstić information content (AvgIpc) is 2.41. The van der Waals surface area contributed by atoms with E-state index in [0.717, 1.165) is 4.70 Å². The fraction of sp³-hybridized carbons (Fsp3) is 0.111. The highest BCUT2D eigenvalue weighted by Gasteiger charge is 2.09. The van der Waals surface area contributed by atoms with Gasteiger partial charge in [-0.3, -0.25) is 0 Å². The zero-order valence-corrected chi connectivity index (χ0v) is 7.28. The van der Waals surface area contributed by atoms with E-state index < -0.39 is 0 Å². The number of aryl methyl sites for hydroxylation is 1. The molecule has 0 aliphatic carbocycles. The molecule has 0 bridgehead atoms. The van der Waals surface area contributed by atoms with Crippen molar-refractivity contribution in [2.75, 3.05) is 0 Å². The molecule has 2 rings (SSSR count). The highest BCUT2D eigenvalue weighted by atomic mass is 32.1. The second-order valence-electron chi connectivity index (χ2n) is 2.69. The van der Waals surface area contributed by atoms with Gasteiger partial charge < -0.3 is 5.11 Å². The highest BCUT2D eigenvalue weighted by molar-refractivity contribution is 7.17. The number of fused-ring (bicyclic) bond motifs is 1. The molecular weight excluding hydrogens is 175 g/mol. The largest absolute Gasteiger partial charge is 0.506 e. The van der Waals surface area contributed by atoms with E-state index in [1.54, 1.807) is 18.4 Å². The molecule has 1 nitrogen and oxygen atoms in total. The van der Waals surface area contributed by atoms with Crippen molar-refractivity contribution in [1.82, 2.24) is 0 Å². The first kappa shape index (κ1) is 7.55. The molecule has 0 aliphatic heterocycles. The molecular formula is C9H7FOS. The summed E-state index contributed by atoms with van der Waals surface area (Å²) in [6, 6.07) is 3.53. The average molecular weight is 182 g/mol. The third-order valence-corrected chi connectivity index (χ3v) is 2.79. The van der Waals surface area contributed by atoms with Crippen molar-refractivity contribution in [2.45, 2.75) is 6.92 Å². The Hall–Kier alpha value is -1.09. The van der Waals surface area contributed by atoms with Gasteiger partial charge in [-0.2, -0.15) is 0 Å². The third-order valence-electron chi connectivity index (χ3n) is 1.85. The molecule has 1 N–H and O–H groups in total. The maximum atomic E-state index is 13.3. The maximum Gasteiger partial charge on any atom is 0.138 e. The lowest BCUT2D eigenvalue weighted by Gasteiger charge is -1.97. The van der Waals surface area contributed by atoms with Crippen molar-refractivity contribution in [3.63, 3.8) is 0 Å². The Morgan fingerprint density at radius 3 is 2.92 bits per heavy atom. The summed E-state index contributed by atoms with van der Waals surface area (Å²) in [6.07, 6.45) is 0. The fourth-order valence-corrected chi connectivity index (χ4v) is 1.99. The second kappa shape index (κ2) is 2.45. The Balaban J connectivity index is 2.96. The first-order valence-electron chi connectivity index (χ1n) is 3.55. The zero-order valence-electron chi connectivity index (χ0n) is 6.47. The fourth-order valence-electron chi connectivity index (χ4n) is 1.18. The summed E-state index contributed by atoms with van der Waals surface area (Å²) in [5.74, 6) is -0.276. The minimum Gasteiger partial charge on any atom is -0.506 e. The molecule has 0 atom stereocenters. The molecule has 12 heavy (non-hydrogen) atoms. The number of hydrogen-bond acceptors (Lipinski definition) is 2. The van der Waals surface area contributed by atoms with E-state index in [9.17, 15) is 9.50 Å². The molecule has 0 saturated heterocycles. The van der Waals surface area contributed by atoms with Gasteiger partial charge in [-0.25, -0.2) is 4.39 Å². The van der Waals surface area contributed by atoms with Gasteiger partial charge in [0, 0.05) is 10.1 Å². The third kappa shape index (κ3) is 0.898. The lowest BCUT2D eigenvalue weighted by molar-refractivity contribution is 0.480. The van der Waals surface area contributed by atoms with Crippen LogP contribution in [0.5, 0.6) is 5.75 Å².